The lowest BCUT2D eigenvalue weighted by Gasteiger charge is -2.32. The largest absolute Gasteiger partial charge is 0.388 e. The fourth-order valence-corrected chi connectivity index (χ4v) is 5.03. The summed E-state index contributed by atoms with van der Waals surface area (Å²) in [4.78, 5) is 0. The molecule has 0 saturated carbocycles. The van der Waals surface area contributed by atoms with Crippen LogP contribution in [0.15, 0.2) is 60.7 Å². The second-order valence-electron chi connectivity index (χ2n) is 6.15. The predicted molar refractivity (Wildman–Crippen MR) is 89.0 cm³/mol. The molecule has 0 fully saturated rings. The van der Waals surface area contributed by atoms with Crippen LogP contribution in [0, 0.1) is 0 Å². The van der Waals surface area contributed by atoms with E-state index in [1.807, 2.05) is 30.3 Å². The molecule has 0 spiro atoms. The van der Waals surface area contributed by atoms with Crippen LogP contribution in [0.2, 0.25) is 18.6 Å². The molecule has 20 heavy (non-hydrogen) atoms. The maximum absolute atomic E-state index is 10.4. The summed E-state index contributed by atoms with van der Waals surface area (Å²) in [6, 6.07) is 20.7. The van der Waals surface area contributed by atoms with Crippen molar-refractivity contribution in [1.82, 2.24) is 0 Å². The monoisotopic (exact) mass is 284 g/mol. The fraction of sp³-hybridized carbons (Fsp3) is 0.333. The quantitative estimate of drug-likeness (QED) is 0.819. The molecule has 0 bridgehead atoms. The zero-order valence-electron chi connectivity index (χ0n) is 12.6. The minimum atomic E-state index is -1.54. The number of rotatable bonds is 5. The summed E-state index contributed by atoms with van der Waals surface area (Å²) in [6.07, 6.45) is 0.472. The second-order valence-corrected chi connectivity index (χ2v) is 11.2. The van der Waals surface area contributed by atoms with Crippen molar-refractivity contribution in [2.24, 2.45) is 0 Å². The van der Waals surface area contributed by atoms with Gasteiger partial charge < -0.3 is 5.11 Å². The third-order valence-corrected chi connectivity index (χ3v) is 9.03. The van der Waals surface area contributed by atoms with Crippen LogP contribution >= 0.6 is 0 Å². The zero-order valence-corrected chi connectivity index (χ0v) is 13.6. The molecule has 0 unspecified atom stereocenters. The number of benzene rings is 2. The Labute approximate surface area is 123 Å². The molecule has 2 rings (SSSR count). The maximum atomic E-state index is 10.4. The van der Waals surface area contributed by atoms with Gasteiger partial charge in [0.1, 0.15) is 0 Å². The minimum absolute atomic E-state index is 0.360. The molecule has 1 N–H and O–H groups in total. The van der Waals surface area contributed by atoms with Crippen LogP contribution in [0.3, 0.4) is 0 Å². The lowest BCUT2D eigenvalue weighted by Crippen LogP contribution is -2.45. The van der Waals surface area contributed by atoms with Gasteiger partial charge in [-0.1, -0.05) is 85.9 Å². The molecule has 2 aromatic carbocycles. The molecule has 106 valence electrons. The molecule has 1 nitrogen and oxygen atoms in total. The van der Waals surface area contributed by atoms with Crippen molar-refractivity contribution in [2.45, 2.75) is 38.1 Å². The molecule has 0 aliphatic heterocycles. The smallest absolute Gasteiger partial charge is 0.0835 e. The van der Waals surface area contributed by atoms with Gasteiger partial charge in [0, 0.05) is 0 Å². The normalized spacial score (nSPS) is 14.8. The van der Waals surface area contributed by atoms with Gasteiger partial charge >= 0.3 is 0 Å². The number of hydrogen-bond donors (Lipinski definition) is 1. The highest BCUT2D eigenvalue weighted by molar-refractivity contribution is 6.90. The summed E-state index contributed by atoms with van der Waals surface area (Å²) >= 11 is 0. The third kappa shape index (κ3) is 3.38. The molecule has 0 amide bonds. The molecule has 0 aliphatic carbocycles. The van der Waals surface area contributed by atoms with Crippen LogP contribution in [-0.2, 0) is 0 Å². The first-order chi connectivity index (χ1) is 9.51. The summed E-state index contributed by atoms with van der Waals surface area (Å²) in [5.41, 5.74) is 1.55. The average Bonchev–Trinajstić information content (AvgIpc) is 2.49. The molecule has 0 heterocycles. The molecular weight excluding hydrogens is 260 g/mol. The molecule has 2 heteroatoms. The van der Waals surface area contributed by atoms with Crippen molar-refractivity contribution >= 4 is 13.3 Å². The van der Waals surface area contributed by atoms with E-state index in [0.717, 1.165) is 12.0 Å². The minimum Gasteiger partial charge on any atom is -0.388 e. The average molecular weight is 284 g/mol. The summed E-state index contributed by atoms with van der Waals surface area (Å²) < 4.78 is 0. The Bertz CT molecular complexity index is 522. The van der Waals surface area contributed by atoms with Gasteiger partial charge in [-0.3, -0.25) is 0 Å². The highest BCUT2D eigenvalue weighted by atomic mass is 28.3. The molecule has 0 radical (unpaired) electrons. The maximum Gasteiger partial charge on any atom is 0.0835 e. The van der Waals surface area contributed by atoms with Crippen molar-refractivity contribution in [2.75, 3.05) is 0 Å². The third-order valence-electron chi connectivity index (χ3n) is 4.51. The van der Waals surface area contributed by atoms with Crippen molar-refractivity contribution in [3.63, 3.8) is 0 Å². The molecule has 0 aromatic heterocycles. The first-order valence-electron chi connectivity index (χ1n) is 7.30. The topological polar surface area (TPSA) is 20.2 Å². The van der Waals surface area contributed by atoms with Crippen molar-refractivity contribution in [1.29, 1.82) is 0 Å². The van der Waals surface area contributed by atoms with E-state index in [0.29, 0.717) is 5.54 Å². The van der Waals surface area contributed by atoms with Crippen LogP contribution in [0.25, 0.3) is 0 Å². The van der Waals surface area contributed by atoms with E-state index in [1.165, 1.54) is 5.19 Å². The van der Waals surface area contributed by atoms with Gasteiger partial charge in [-0.15, -0.1) is 0 Å². The van der Waals surface area contributed by atoms with Crippen LogP contribution in [0.4, 0.5) is 0 Å². The van der Waals surface area contributed by atoms with E-state index in [2.05, 4.69) is 50.3 Å². The van der Waals surface area contributed by atoms with Crippen LogP contribution < -0.4 is 5.19 Å². The van der Waals surface area contributed by atoms with Crippen LogP contribution in [0.1, 0.15) is 25.0 Å². The summed E-state index contributed by atoms with van der Waals surface area (Å²) in [5, 5.41) is 11.9. The Balaban J connectivity index is 2.10. The Morgan fingerprint density at radius 1 is 0.900 bits per heavy atom. The molecule has 2 atom stereocenters. The lowest BCUT2D eigenvalue weighted by molar-refractivity contribution is 0.166. The van der Waals surface area contributed by atoms with Crippen LogP contribution in [0.5, 0.6) is 0 Å². The Morgan fingerprint density at radius 3 is 1.95 bits per heavy atom. The van der Waals surface area contributed by atoms with Gasteiger partial charge in [0.05, 0.1) is 14.2 Å². The van der Waals surface area contributed by atoms with Gasteiger partial charge in [-0.25, -0.2) is 0 Å². The van der Waals surface area contributed by atoms with E-state index < -0.39 is 8.07 Å². The summed E-state index contributed by atoms with van der Waals surface area (Å²) in [7, 11) is -1.54. The molecule has 0 aliphatic rings. The Kier molecular flexibility index (Phi) is 4.79. The highest BCUT2D eigenvalue weighted by Gasteiger charge is 2.31. The van der Waals surface area contributed by atoms with Gasteiger partial charge in [-0.05, 0) is 17.5 Å². The SMILES string of the molecule is C[C@@H](C[C@H](O)c1ccccc1)[Si](C)(C)c1ccccc1. The van der Waals surface area contributed by atoms with Crippen molar-refractivity contribution in [3.05, 3.63) is 66.2 Å². The van der Waals surface area contributed by atoms with Gasteiger partial charge in [-0.2, -0.15) is 0 Å². The van der Waals surface area contributed by atoms with Gasteiger partial charge in [0.15, 0.2) is 0 Å². The van der Waals surface area contributed by atoms with E-state index in [1.54, 1.807) is 0 Å². The Morgan fingerprint density at radius 2 is 1.40 bits per heavy atom. The van der Waals surface area contributed by atoms with Gasteiger partial charge in [0.2, 0.25) is 0 Å². The molecule has 0 saturated heterocycles. The molecular formula is C18H24OSi. The standard InChI is InChI=1S/C18H24OSi/c1-15(14-18(19)16-10-6-4-7-11-16)20(2,3)17-12-8-5-9-13-17/h4-13,15,18-19H,14H2,1-3H3/t15-,18-/m0/s1. The summed E-state index contributed by atoms with van der Waals surface area (Å²) in [5.74, 6) is 0. The van der Waals surface area contributed by atoms with E-state index in [-0.39, 0.29) is 6.10 Å². The van der Waals surface area contributed by atoms with E-state index in [9.17, 15) is 5.11 Å². The first kappa shape index (κ1) is 15.0. The fourth-order valence-electron chi connectivity index (χ4n) is 2.59. The van der Waals surface area contributed by atoms with Gasteiger partial charge in [0.25, 0.3) is 0 Å². The number of aliphatic hydroxyl groups is 1. The number of aliphatic hydroxyl groups excluding tert-OH is 1. The highest BCUT2D eigenvalue weighted by Crippen LogP contribution is 2.31. The van der Waals surface area contributed by atoms with Crippen LogP contribution in [-0.4, -0.2) is 13.2 Å². The van der Waals surface area contributed by atoms with Crippen molar-refractivity contribution < 1.29 is 5.11 Å². The number of hydrogen-bond acceptors (Lipinski definition) is 1. The Hall–Kier alpha value is -1.38. The van der Waals surface area contributed by atoms with E-state index >= 15 is 0 Å². The lowest BCUT2D eigenvalue weighted by atomic mass is 10.1. The molecule has 2 aromatic rings. The van der Waals surface area contributed by atoms with Crippen molar-refractivity contribution in [3.8, 4) is 0 Å². The van der Waals surface area contributed by atoms with E-state index in [4.69, 9.17) is 0 Å². The predicted octanol–water partition coefficient (Wildman–Crippen LogP) is 4.12. The zero-order chi connectivity index (χ0) is 14.6. The summed E-state index contributed by atoms with van der Waals surface area (Å²) in [6.45, 7) is 7.07. The second kappa shape index (κ2) is 6.38. The first-order valence-corrected chi connectivity index (χ1v) is 10.4.